The molecule has 0 aromatic heterocycles. The van der Waals surface area contributed by atoms with Crippen LogP contribution in [0.4, 0.5) is 5.69 Å². The number of benzene rings is 2. The summed E-state index contributed by atoms with van der Waals surface area (Å²) >= 11 is 11.8. The third-order valence-electron chi connectivity index (χ3n) is 3.75. The van der Waals surface area contributed by atoms with Gasteiger partial charge in [-0.15, -0.1) is 0 Å². The van der Waals surface area contributed by atoms with Crippen molar-refractivity contribution in [3.8, 4) is 0 Å². The Kier molecular flexibility index (Phi) is 6.85. The Morgan fingerprint density at radius 2 is 1.76 bits per heavy atom. The molecule has 0 radical (unpaired) electrons. The quantitative estimate of drug-likeness (QED) is 0.712. The van der Waals surface area contributed by atoms with Gasteiger partial charge in [-0.05, 0) is 49.2 Å². The van der Waals surface area contributed by atoms with Gasteiger partial charge in [0.05, 0.1) is 6.42 Å². The van der Waals surface area contributed by atoms with Crippen LogP contribution in [0.2, 0.25) is 10.0 Å². The van der Waals surface area contributed by atoms with E-state index in [2.05, 4.69) is 5.32 Å². The van der Waals surface area contributed by atoms with E-state index in [4.69, 9.17) is 27.9 Å². The van der Waals surface area contributed by atoms with Crippen LogP contribution in [0.25, 0.3) is 0 Å². The summed E-state index contributed by atoms with van der Waals surface area (Å²) in [5.41, 5.74) is 3.63. The maximum atomic E-state index is 11.9. The summed E-state index contributed by atoms with van der Waals surface area (Å²) in [6.07, 6.45) is 0.0575. The normalized spacial score (nSPS) is 10.4. The topological polar surface area (TPSA) is 55.4 Å². The number of esters is 1. The molecule has 0 unspecified atom stereocenters. The van der Waals surface area contributed by atoms with E-state index in [-0.39, 0.29) is 25.4 Å². The second-order valence-corrected chi connectivity index (χ2v) is 6.59. The zero-order valence-electron chi connectivity index (χ0n) is 14.1. The number of amides is 1. The lowest BCUT2D eigenvalue weighted by molar-refractivity contribution is -0.145. The van der Waals surface area contributed by atoms with Crippen LogP contribution in [0.3, 0.4) is 0 Å². The maximum absolute atomic E-state index is 11.9. The number of carbonyl (C=O) groups excluding carboxylic acids is 2. The van der Waals surface area contributed by atoms with E-state index in [0.717, 1.165) is 16.8 Å². The molecule has 25 heavy (non-hydrogen) atoms. The molecule has 4 nitrogen and oxygen atoms in total. The van der Waals surface area contributed by atoms with Crippen molar-refractivity contribution in [3.63, 3.8) is 0 Å². The van der Waals surface area contributed by atoms with Crippen molar-refractivity contribution in [1.82, 2.24) is 0 Å². The van der Waals surface area contributed by atoms with E-state index in [0.29, 0.717) is 15.6 Å². The van der Waals surface area contributed by atoms with Gasteiger partial charge in [0.2, 0.25) is 5.91 Å². The Morgan fingerprint density at radius 3 is 2.44 bits per heavy atom. The first kappa shape index (κ1) is 19.3. The minimum Gasteiger partial charge on any atom is -0.461 e. The Labute approximate surface area is 157 Å². The smallest absolute Gasteiger partial charge is 0.306 e. The standard InChI is InChI=1S/C19H19Cl2NO3/c1-12-3-6-16(9-13(12)2)22-18(23)7-8-19(24)25-11-14-4-5-15(20)10-17(14)21/h3-6,9-10H,7-8,11H2,1-2H3,(H,22,23). The van der Waals surface area contributed by atoms with Crippen LogP contribution in [0, 0.1) is 13.8 Å². The first-order valence-corrected chi connectivity index (χ1v) is 8.57. The highest BCUT2D eigenvalue weighted by atomic mass is 35.5. The molecule has 0 aliphatic rings. The van der Waals surface area contributed by atoms with E-state index in [1.165, 1.54) is 0 Å². The number of aryl methyl sites for hydroxylation is 2. The second-order valence-electron chi connectivity index (χ2n) is 5.74. The number of halogens is 2. The Morgan fingerprint density at radius 1 is 1.00 bits per heavy atom. The molecule has 0 saturated heterocycles. The van der Waals surface area contributed by atoms with Gasteiger partial charge < -0.3 is 10.1 Å². The van der Waals surface area contributed by atoms with Crippen LogP contribution < -0.4 is 5.32 Å². The number of carbonyl (C=O) groups is 2. The Bertz CT molecular complexity index is 790. The van der Waals surface area contributed by atoms with Crippen molar-refractivity contribution < 1.29 is 14.3 Å². The molecule has 0 aliphatic heterocycles. The molecule has 1 N–H and O–H groups in total. The van der Waals surface area contributed by atoms with Crippen LogP contribution in [-0.4, -0.2) is 11.9 Å². The van der Waals surface area contributed by atoms with E-state index in [1.54, 1.807) is 18.2 Å². The monoisotopic (exact) mass is 379 g/mol. The lowest BCUT2D eigenvalue weighted by Gasteiger charge is -2.09. The molecule has 132 valence electrons. The largest absolute Gasteiger partial charge is 0.461 e. The summed E-state index contributed by atoms with van der Waals surface area (Å²) in [5.74, 6) is -0.689. The molecule has 2 aromatic rings. The number of ether oxygens (including phenoxy) is 1. The highest BCUT2D eigenvalue weighted by molar-refractivity contribution is 6.35. The van der Waals surface area contributed by atoms with Crippen LogP contribution in [0.5, 0.6) is 0 Å². The zero-order chi connectivity index (χ0) is 18.4. The zero-order valence-corrected chi connectivity index (χ0v) is 15.6. The van der Waals surface area contributed by atoms with E-state index in [1.807, 2.05) is 32.0 Å². The molecular weight excluding hydrogens is 361 g/mol. The van der Waals surface area contributed by atoms with Crippen molar-refractivity contribution in [1.29, 1.82) is 0 Å². The molecule has 0 bridgehead atoms. The average molecular weight is 380 g/mol. The summed E-state index contributed by atoms with van der Waals surface area (Å²) in [4.78, 5) is 23.7. The number of anilines is 1. The van der Waals surface area contributed by atoms with Gasteiger partial charge in [-0.1, -0.05) is 35.3 Å². The SMILES string of the molecule is Cc1ccc(NC(=O)CCC(=O)OCc2ccc(Cl)cc2Cl)cc1C. The average Bonchev–Trinajstić information content (AvgIpc) is 2.55. The minimum absolute atomic E-state index is 0.00187. The third-order valence-corrected chi connectivity index (χ3v) is 4.34. The van der Waals surface area contributed by atoms with Gasteiger partial charge in [0.25, 0.3) is 0 Å². The lowest BCUT2D eigenvalue weighted by atomic mass is 10.1. The fourth-order valence-electron chi connectivity index (χ4n) is 2.13. The van der Waals surface area contributed by atoms with Crippen molar-refractivity contribution in [2.45, 2.75) is 33.3 Å². The maximum Gasteiger partial charge on any atom is 0.306 e. The number of hydrogen-bond donors (Lipinski definition) is 1. The van der Waals surface area contributed by atoms with Crippen LogP contribution in [-0.2, 0) is 20.9 Å². The summed E-state index contributed by atoms with van der Waals surface area (Å²) in [6, 6.07) is 10.6. The fraction of sp³-hybridized carbons (Fsp3) is 0.263. The first-order chi connectivity index (χ1) is 11.8. The number of rotatable bonds is 6. The fourth-order valence-corrected chi connectivity index (χ4v) is 2.59. The van der Waals surface area contributed by atoms with Crippen molar-refractivity contribution in [2.24, 2.45) is 0 Å². The van der Waals surface area contributed by atoms with Crippen molar-refractivity contribution in [2.75, 3.05) is 5.32 Å². The Hall–Kier alpha value is -2.04. The van der Waals surface area contributed by atoms with Crippen LogP contribution in [0.1, 0.15) is 29.5 Å². The van der Waals surface area contributed by atoms with Gasteiger partial charge in [-0.25, -0.2) is 0 Å². The molecule has 2 aromatic carbocycles. The van der Waals surface area contributed by atoms with Crippen LogP contribution in [0.15, 0.2) is 36.4 Å². The van der Waals surface area contributed by atoms with E-state index in [9.17, 15) is 9.59 Å². The van der Waals surface area contributed by atoms with Crippen molar-refractivity contribution >= 4 is 40.8 Å². The predicted octanol–water partition coefficient (Wildman–Crippen LogP) is 5.07. The minimum atomic E-state index is -0.457. The van der Waals surface area contributed by atoms with Gasteiger partial charge in [-0.2, -0.15) is 0 Å². The lowest BCUT2D eigenvalue weighted by Crippen LogP contribution is -2.14. The summed E-state index contributed by atoms with van der Waals surface area (Å²) in [5, 5.41) is 3.73. The first-order valence-electron chi connectivity index (χ1n) is 7.82. The predicted molar refractivity (Wildman–Crippen MR) is 100 cm³/mol. The van der Waals surface area contributed by atoms with Gasteiger partial charge in [0.15, 0.2) is 0 Å². The molecule has 0 spiro atoms. The molecule has 0 heterocycles. The highest BCUT2D eigenvalue weighted by Gasteiger charge is 2.10. The van der Waals surface area contributed by atoms with Gasteiger partial charge in [0, 0.05) is 27.7 Å². The summed E-state index contributed by atoms with van der Waals surface area (Å²) < 4.78 is 5.14. The number of hydrogen-bond acceptors (Lipinski definition) is 3. The van der Waals surface area contributed by atoms with Gasteiger partial charge in [-0.3, -0.25) is 9.59 Å². The molecule has 0 fully saturated rings. The molecule has 0 saturated carbocycles. The van der Waals surface area contributed by atoms with E-state index < -0.39 is 5.97 Å². The third kappa shape index (κ3) is 6.07. The molecule has 0 aliphatic carbocycles. The highest BCUT2D eigenvalue weighted by Crippen LogP contribution is 2.21. The van der Waals surface area contributed by atoms with Gasteiger partial charge >= 0.3 is 5.97 Å². The number of nitrogens with one attached hydrogen (secondary N) is 1. The molecule has 0 atom stereocenters. The van der Waals surface area contributed by atoms with Crippen molar-refractivity contribution in [3.05, 3.63) is 63.1 Å². The van der Waals surface area contributed by atoms with E-state index >= 15 is 0 Å². The van der Waals surface area contributed by atoms with Gasteiger partial charge in [0.1, 0.15) is 6.61 Å². The summed E-state index contributed by atoms with van der Waals surface area (Å²) in [6.45, 7) is 4.03. The molecular formula is C19H19Cl2NO3. The molecule has 6 heteroatoms. The Balaban J connectivity index is 1.77. The second kappa shape index (κ2) is 8.88. The molecule has 1 amide bonds. The molecule has 2 rings (SSSR count). The summed E-state index contributed by atoms with van der Waals surface area (Å²) in [7, 11) is 0. The van der Waals surface area contributed by atoms with Crippen LogP contribution >= 0.6 is 23.2 Å².